The fourth-order valence-electron chi connectivity index (χ4n) is 2.53. The molecule has 0 radical (unpaired) electrons. The Morgan fingerprint density at radius 2 is 1.91 bits per heavy atom. The van der Waals surface area contributed by atoms with Crippen LogP contribution in [0.25, 0.3) is 0 Å². The lowest BCUT2D eigenvalue weighted by Gasteiger charge is -2.17. The van der Waals surface area contributed by atoms with E-state index < -0.39 is 0 Å². The molecule has 5 heteroatoms. The summed E-state index contributed by atoms with van der Waals surface area (Å²) in [6.07, 6.45) is 3.34. The normalized spacial score (nSPS) is 23.9. The predicted octanol–water partition coefficient (Wildman–Crippen LogP) is 3.79. The Balaban J connectivity index is 1.81. The molecule has 1 aromatic rings. The lowest BCUT2D eigenvalue weighted by molar-refractivity contribution is -0.0632. The van der Waals surface area contributed by atoms with E-state index in [1.165, 1.54) is 0 Å². The highest BCUT2D eigenvalue weighted by atomic mass is 127. The van der Waals surface area contributed by atoms with Crippen molar-refractivity contribution in [2.45, 2.75) is 13.0 Å². The first-order valence-corrected chi connectivity index (χ1v) is 8.53. The maximum Gasteiger partial charge on any atom is 0.146 e. The summed E-state index contributed by atoms with van der Waals surface area (Å²) in [6, 6.07) is 7.97. The van der Waals surface area contributed by atoms with Crippen molar-refractivity contribution < 1.29 is 18.9 Å². The molecule has 1 aromatic carbocycles. The number of hydrogen-bond acceptors (Lipinski definition) is 4. The fraction of sp³-hybridized carbons (Fsp3) is 0.529. The molecule has 122 valence electrons. The summed E-state index contributed by atoms with van der Waals surface area (Å²) in [5, 5.41) is 0. The number of halogens is 1. The monoisotopic (exact) mass is 418 g/mol. The van der Waals surface area contributed by atoms with Crippen LogP contribution in [0.4, 0.5) is 0 Å². The Kier molecular flexibility index (Phi) is 7.14. The van der Waals surface area contributed by atoms with Gasteiger partial charge in [-0.05, 0) is 34.1 Å². The number of hydrogen-bond donors (Lipinski definition) is 0. The highest BCUT2D eigenvalue weighted by Gasteiger charge is 2.53. The first kappa shape index (κ1) is 17.7. The van der Waals surface area contributed by atoms with Crippen molar-refractivity contribution in [1.29, 1.82) is 0 Å². The first-order valence-electron chi connectivity index (χ1n) is 7.28. The zero-order valence-electron chi connectivity index (χ0n) is 13.1. The molecular weight excluding hydrogens is 395 g/mol. The van der Waals surface area contributed by atoms with Gasteiger partial charge in [0.05, 0.1) is 26.9 Å². The molecule has 1 aliphatic carbocycles. The summed E-state index contributed by atoms with van der Waals surface area (Å²) in [5.74, 6) is 1.40. The van der Waals surface area contributed by atoms with E-state index in [-0.39, 0.29) is 5.41 Å². The van der Waals surface area contributed by atoms with Crippen LogP contribution in [0.1, 0.15) is 12.0 Å². The van der Waals surface area contributed by atoms with Gasteiger partial charge in [-0.15, -0.1) is 0 Å². The standard InChI is InChI=1S/C17H23IO4/c1-19-13-22-12-17(9-15(17)7-8-18)11-21-10-14-3-5-16(20-2)6-4-14/h3-8,15H,9-13H2,1-2H3/b8-7+. The molecule has 2 unspecified atom stereocenters. The predicted molar refractivity (Wildman–Crippen MR) is 94.2 cm³/mol. The van der Waals surface area contributed by atoms with Gasteiger partial charge in [0.1, 0.15) is 12.5 Å². The Bertz CT molecular complexity index is 474. The van der Waals surface area contributed by atoms with Crippen LogP contribution < -0.4 is 4.74 Å². The van der Waals surface area contributed by atoms with Gasteiger partial charge < -0.3 is 18.9 Å². The number of allylic oxidation sites excluding steroid dienone is 1. The number of benzene rings is 1. The smallest absolute Gasteiger partial charge is 0.146 e. The van der Waals surface area contributed by atoms with Gasteiger partial charge in [-0.25, -0.2) is 0 Å². The maximum absolute atomic E-state index is 5.93. The lowest BCUT2D eigenvalue weighted by Crippen LogP contribution is -2.20. The van der Waals surface area contributed by atoms with E-state index in [9.17, 15) is 0 Å². The number of ether oxygens (including phenoxy) is 4. The summed E-state index contributed by atoms with van der Waals surface area (Å²) in [5.41, 5.74) is 1.25. The zero-order valence-corrected chi connectivity index (χ0v) is 15.2. The van der Waals surface area contributed by atoms with Crippen molar-refractivity contribution in [2.24, 2.45) is 11.3 Å². The third kappa shape index (κ3) is 4.94. The SMILES string of the molecule is COCOCC1(COCc2ccc(OC)cc2)CC1/C=C/I. The third-order valence-corrected chi connectivity index (χ3v) is 4.38. The summed E-state index contributed by atoms with van der Waals surface area (Å²) in [4.78, 5) is 0. The Labute approximate surface area is 145 Å². The quantitative estimate of drug-likeness (QED) is 0.329. The van der Waals surface area contributed by atoms with Crippen molar-refractivity contribution in [2.75, 3.05) is 34.2 Å². The minimum Gasteiger partial charge on any atom is -0.497 e. The molecule has 2 atom stereocenters. The average Bonchev–Trinajstić information content (AvgIpc) is 3.21. The zero-order chi connectivity index (χ0) is 15.8. The second-order valence-electron chi connectivity index (χ2n) is 5.59. The van der Waals surface area contributed by atoms with Crippen LogP contribution >= 0.6 is 22.6 Å². The Morgan fingerprint density at radius 3 is 2.55 bits per heavy atom. The first-order chi connectivity index (χ1) is 10.7. The highest BCUT2D eigenvalue weighted by Crippen LogP contribution is 2.54. The van der Waals surface area contributed by atoms with Gasteiger partial charge in [0.2, 0.25) is 0 Å². The number of methoxy groups -OCH3 is 2. The Morgan fingerprint density at radius 1 is 1.18 bits per heavy atom. The minimum absolute atomic E-state index is 0.104. The van der Waals surface area contributed by atoms with Crippen molar-refractivity contribution in [3.63, 3.8) is 0 Å². The summed E-state index contributed by atoms with van der Waals surface area (Å²) < 4.78 is 23.7. The van der Waals surface area contributed by atoms with Crippen molar-refractivity contribution in [1.82, 2.24) is 0 Å². The maximum atomic E-state index is 5.93. The second kappa shape index (κ2) is 8.86. The van der Waals surface area contributed by atoms with Crippen LogP contribution in [-0.2, 0) is 20.8 Å². The molecular formula is C17H23IO4. The van der Waals surface area contributed by atoms with Crippen LogP contribution in [0.3, 0.4) is 0 Å². The van der Waals surface area contributed by atoms with Gasteiger partial charge in [-0.1, -0.05) is 40.8 Å². The molecule has 4 nitrogen and oxygen atoms in total. The average molecular weight is 418 g/mol. The number of rotatable bonds is 10. The largest absolute Gasteiger partial charge is 0.497 e. The molecule has 0 N–H and O–H groups in total. The van der Waals surface area contributed by atoms with E-state index in [0.29, 0.717) is 32.5 Å². The van der Waals surface area contributed by atoms with Crippen LogP contribution in [0, 0.1) is 11.3 Å². The van der Waals surface area contributed by atoms with Gasteiger partial charge in [-0.2, -0.15) is 0 Å². The molecule has 2 rings (SSSR count). The van der Waals surface area contributed by atoms with E-state index in [1.54, 1.807) is 14.2 Å². The van der Waals surface area contributed by atoms with Crippen LogP contribution in [0.15, 0.2) is 34.4 Å². The minimum atomic E-state index is 0.104. The van der Waals surface area contributed by atoms with Crippen molar-refractivity contribution >= 4 is 22.6 Å². The molecule has 0 spiro atoms. The van der Waals surface area contributed by atoms with Gasteiger partial charge in [0.15, 0.2) is 0 Å². The van der Waals surface area contributed by atoms with Crippen molar-refractivity contribution in [3.05, 3.63) is 40.0 Å². The topological polar surface area (TPSA) is 36.9 Å². The van der Waals surface area contributed by atoms with Gasteiger partial charge in [0.25, 0.3) is 0 Å². The molecule has 22 heavy (non-hydrogen) atoms. The molecule has 0 amide bonds. The highest BCUT2D eigenvalue weighted by molar-refractivity contribution is 14.1. The fourth-order valence-corrected chi connectivity index (χ4v) is 3.04. The molecule has 0 bridgehead atoms. The van der Waals surface area contributed by atoms with E-state index in [4.69, 9.17) is 18.9 Å². The third-order valence-electron chi connectivity index (χ3n) is 3.97. The Hall–Kier alpha value is -0.630. The summed E-state index contributed by atoms with van der Waals surface area (Å²) in [6.45, 7) is 2.32. The van der Waals surface area contributed by atoms with Gasteiger partial charge >= 0.3 is 0 Å². The summed E-state index contributed by atoms with van der Waals surface area (Å²) >= 11 is 2.26. The van der Waals surface area contributed by atoms with E-state index in [2.05, 4.69) is 32.7 Å². The van der Waals surface area contributed by atoms with Crippen molar-refractivity contribution in [3.8, 4) is 5.75 Å². The van der Waals surface area contributed by atoms with E-state index >= 15 is 0 Å². The molecule has 0 aliphatic heterocycles. The van der Waals surface area contributed by atoms with E-state index in [0.717, 1.165) is 17.7 Å². The lowest BCUT2D eigenvalue weighted by atomic mass is 10.1. The molecule has 1 fully saturated rings. The van der Waals surface area contributed by atoms with Gasteiger partial charge in [0, 0.05) is 12.5 Å². The molecule has 0 aromatic heterocycles. The second-order valence-corrected chi connectivity index (χ2v) is 6.31. The molecule has 0 saturated heterocycles. The molecule has 0 heterocycles. The molecule has 1 saturated carbocycles. The van der Waals surface area contributed by atoms with Gasteiger partial charge in [-0.3, -0.25) is 0 Å². The van der Waals surface area contributed by atoms with Crippen LogP contribution in [0.2, 0.25) is 0 Å². The molecule has 1 aliphatic rings. The van der Waals surface area contributed by atoms with Crippen LogP contribution in [-0.4, -0.2) is 34.2 Å². The summed E-state index contributed by atoms with van der Waals surface area (Å²) in [7, 11) is 3.31. The van der Waals surface area contributed by atoms with E-state index in [1.807, 2.05) is 24.3 Å². The van der Waals surface area contributed by atoms with Crippen LogP contribution in [0.5, 0.6) is 5.75 Å².